The van der Waals surface area contributed by atoms with E-state index in [1.807, 2.05) is 25.1 Å². The van der Waals surface area contributed by atoms with Crippen molar-refractivity contribution in [2.45, 2.75) is 25.8 Å². The third-order valence-corrected chi connectivity index (χ3v) is 4.67. The number of nitrogens with one attached hydrogen (secondary N) is 2. The summed E-state index contributed by atoms with van der Waals surface area (Å²) in [7, 11) is 3.44. The number of hydrogen-bond donors (Lipinski definition) is 2. The van der Waals surface area contributed by atoms with Crippen LogP contribution in [0.5, 0.6) is 5.75 Å². The minimum absolute atomic E-state index is 0. The Morgan fingerprint density at radius 3 is 2.96 bits per heavy atom. The molecule has 0 spiro atoms. The van der Waals surface area contributed by atoms with Gasteiger partial charge < -0.3 is 24.8 Å². The summed E-state index contributed by atoms with van der Waals surface area (Å²) in [6.45, 7) is 4.24. The summed E-state index contributed by atoms with van der Waals surface area (Å²) < 4.78 is 10.6. The third kappa shape index (κ3) is 5.87. The van der Waals surface area contributed by atoms with Gasteiger partial charge in [0.25, 0.3) is 0 Å². The van der Waals surface area contributed by atoms with Crippen molar-refractivity contribution >= 4 is 47.2 Å². The maximum absolute atomic E-state index is 6.16. The van der Waals surface area contributed by atoms with Crippen molar-refractivity contribution in [2.75, 3.05) is 38.7 Å². The van der Waals surface area contributed by atoms with Crippen LogP contribution in [0.3, 0.4) is 0 Å². The summed E-state index contributed by atoms with van der Waals surface area (Å²) in [5.74, 6) is 2.86. The van der Waals surface area contributed by atoms with Crippen LogP contribution in [0.1, 0.15) is 18.1 Å². The largest absolute Gasteiger partial charge is 0.495 e. The summed E-state index contributed by atoms with van der Waals surface area (Å²) in [4.78, 5) is 10.8. The predicted molar refractivity (Wildman–Crippen MR) is 121 cm³/mol. The normalized spacial score (nSPS) is 16.6. The predicted octanol–water partition coefficient (Wildman–Crippen LogP) is 2.64. The molecule has 2 aromatic rings. The lowest BCUT2D eigenvalue weighted by Gasteiger charge is -2.22. The van der Waals surface area contributed by atoms with E-state index in [-0.39, 0.29) is 30.0 Å². The van der Waals surface area contributed by atoms with Gasteiger partial charge in [0, 0.05) is 44.2 Å². The van der Waals surface area contributed by atoms with E-state index in [9.17, 15) is 0 Å². The molecule has 0 amide bonds. The molecule has 154 valence electrons. The topological polar surface area (TPSA) is 87.8 Å². The number of aromatic nitrogens is 2. The molecule has 8 nitrogen and oxygen atoms in total. The summed E-state index contributed by atoms with van der Waals surface area (Å²) in [5.41, 5.74) is 1.02. The number of benzene rings is 1. The molecule has 0 saturated carbocycles. The average Bonchev–Trinajstić information content (AvgIpc) is 3.30. The van der Waals surface area contributed by atoms with Gasteiger partial charge >= 0.3 is 0 Å². The van der Waals surface area contributed by atoms with E-state index in [4.69, 9.17) is 20.9 Å². The van der Waals surface area contributed by atoms with Crippen molar-refractivity contribution in [1.82, 2.24) is 20.8 Å². The smallest absolute Gasteiger partial charge is 0.228 e. The molecule has 1 fully saturated rings. The Bertz CT molecular complexity index is 800. The van der Waals surface area contributed by atoms with E-state index in [0.29, 0.717) is 29.7 Å². The van der Waals surface area contributed by atoms with E-state index in [0.717, 1.165) is 36.9 Å². The second-order valence-corrected chi connectivity index (χ2v) is 6.81. The summed E-state index contributed by atoms with van der Waals surface area (Å²) in [6, 6.07) is 5.97. The molecule has 1 aromatic heterocycles. The highest BCUT2D eigenvalue weighted by atomic mass is 127. The number of methoxy groups -OCH3 is 1. The highest BCUT2D eigenvalue weighted by Gasteiger charge is 2.25. The summed E-state index contributed by atoms with van der Waals surface area (Å²) in [6.07, 6.45) is 1.65. The van der Waals surface area contributed by atoms with E-state index >= 15 is 0 Å². The number of halogens is 2. The fraction of sp³-hybridized carbons (Fsp3) is 0.500. The average molecular weight is 521 g/mol. The Morgan fingerprint density at radius 1 is 1.46 bits per heavy atom. The van der Waals surface area contributed by atoms with E-state index in [1.165, 1.54) is 0 Å². The van der Waals surface area contributed by atoms with Crippen LogP contribution >= 0.6 is 35.6 Å². The second-order valence-electron chi connectivity index (χ2n) is 6.38. The van der Waals surface area contributed by atoms with Crippen LogP contribution in [0.25, 0.3) is 0 Å². The van der Waals surface area contributed by atoms with Gasteiger partial charge in [0.15, 0.2) is 11.8 Å². The number of guanidine groups is 1. The molecule has 1 aliphatic rings. The number of aliphatic imine (C=N–C) groups is 1. The van der Waals surface area contributed by atoms with Crippen LogP contribution in [-0.4, -0.2) is 55.9 Å². The monoisotopic (exact) mass is 520 g/mol. The zero-order valence-electron chi connectivity index (χ0n) is 16.2. The maximum Gasteiger partial charge on any atom is 0.228 e. The molecule has 0 radical (unpaired) electrons. The molecule has 3 rings (SSSR count). The van der Waals surface area contributed by atoms with Crippen LogP contribution in [0.2, 0.25) is 5.02 Å². The molecule has 1 atom stereocenters. The molecule has 1 saturated heterocycles. The SMILES string of the molecule is CN=C(NCCc1nc(C)no1)NC1CCN(c2cc(Cl)ccc2OC)C1.I. The Balaban J connectivity index is 0.00000280. The summed E-state index contributed by atoms with van der Waals surface area (Å²) in [5, 5.41) is 11.2. The molecule has 0 bridgehead atoms. The molecule has 2 heterocycles. The first-order valence-corrected chi connectivity index (χ1v) is 9.31. The first-order valence-electron chi connectivity index (χ1n) is 8.94. The van der Waals surface area contributed by atoms with Gasteiger partial charge in [-0.3, -0.25) is 4.99 Å². The lowest BCUT2D eigenvalue weighted by molar-refractivity contribution is 0.374. The maximum atomic E-state index is 6.16. The van der Waals surface area contributed by atoms with Gasteiger partial charge in [-0.25, -0.2) is 0 Å². The highest BCUT2D eigenvalue weighted by Crippen LogP contribution is 2.33. The van der Waals surface area contributed by atoms with Gasteiger partial charge in [0.1, 0.15) is 5.75 Å². The lowest BCUT2D eigenvalue weighted by atomic mass is 10.2. The zero-order valence-corrected chi connectivity index (χ0v) is 19.3. The van der Waals surface area contributed by atoms with E-state index in [1.54, 1.807) is 14.2 Å². The minimum atomic E-state index is 0. The molecular formula is C18H26ClIN6O2. The van der Waals surface area contributed by atoms with Crippen molar-refractivity contribution in [3.05, 3.63) is 34.9 Å². The van der Waals surface area contributed by atoms with Gasteiger partial charge in [-0.1, -0.05) is 16.8 Å². The Kier molecular flexibility index (Phi) is 8.61. The summed E-state index contributed by atoms with van der Waals surface area (Å²) >= 11 is 6.16. The number of aryl methyl sites for hydroxylation is 1. The van der Waals surface area contributed by atoms with Crippen LogP contribution in [0.15, 0.2) is 27.7 Å². The van der Waals surface area contributed by atoms with Gasteiger partial charge in [0.05, 0.1) is 12.8 Å². The first-order chi connectivity index (χ1) is 13.1. The van der Waals surface area contributed by atoms with Gasteiger partial charge in [-0.2, -0.15) is 4.98 Å². The molecular weight excluding hydrogens is 495 g/mol. The molecule has 28 heavy (non-hydrogen) atoms. The molecule has 1 aromatic carbocycles. The fourth-order valence-electron chi connectivity index (χ4n) is 3.12. The van der Waals surface area contributed by atoms with Gasteiger partial charge in [-0.05, 0) is 31.5 Å². The molecule has 1 aliphatic heterocycles. The van der Waals surface area contributed by atoms with Gasteiger partial charge in [0.2, 0.25) is 5.89 Å². The standard InChI is InChI=1S/C18H25ClN6O2.HI/c1-12-22-17(27-24-12)6-8-21-18(20-2)23-14-7-9-25(11-14)15-10-13(19)4-5-16(15)26-3;/h4-5,10,14H,6-9,11H2,1-3H3,(H2,20,21,23);1H. The number of anilines is 1. The number of nitrogens with zero attached hydrogens (tertiary/aromatic N) is 4. The first kappa shape index (κ1) is 22.5. The lowest BCUT2D eigenvalue weighted by Crippen LogP contribution is -2.45. The third-order valence-electron chi connectivity index (χ3n) is 4.44. The van der Waals surface area contributed by atoms with Crippen LogP contribution < -0.4 is 20.3 Å². The Labute approximate surface area is 187 Å². The number of rotatable bonds is 6. The fourth-order valence-corrected chi connectivity index (χ4v) is 3.29. The van der Waals surface area contributed by atoms with Crippen LogP contribution in [0.4, 0.5) is 5.69 Å². The number of ether oxygens (including phenoxy) is 1. The molecule has 1 unspecified atom stereocenters. The highest BCUT2D eigenvalue weighted by molar-refractivity contribution is 14.0. The quantitative estimate of drug-likeness (QED) is 0.344. The molecule has 10 heteroatoms. The van der Waals surface area contributed by atoms with E-state index < -0.39 is 0 Å². The van der Waals surface area contributed by atoms with Crippen molar-refractivity contribution < 1.29 is 9.26 Å². The Hall–Kier alpha value is -1.75. The van der Waals surface area contributed by atoms with Crippen molar-refractivity contribution in [1.29, 1.82) is 0 Å². The van der Waals surface area contributed by atoms with Gasteiger partial charge in [-0.15, -0.1) is 24.0 Å². The van der Waals surface area contributed by atoms with Crippen molar-refractivity contribution in [3.8, 4) is 5.75 Å². The molecule has 0 aliphatic carbocycles. The van der Waals surface area contributed by atoms with E-state index in [2.05, 4.69) is 30.7 Å². The Morgan fingerprint density at radius 2 is 2.29 bits per heavy atom. The minimum Gasteiger partial charge on any atom is -0.495 e. The second kappa shape index (κ2) is 10.7. The number of hydrogen-bond acceptors (Lipinski definition) is 6. The zero-order chi connectivity index (χ0) is 19.2. The van der Waals surface area contributed by atoms with Crippen LogP contribution in [-0.2, 0) is 6.42 Å². The van der Waals surface area contributed by atoms with Crippen LogP contribution in [0, 0.1) is 6.92 Å². The van der Waals surface area contributed by atoms with Crippen molar-refractivity contribution in [2.24, 2.45) is 4.99 Å². The van der Waals surface area contributed by atoms with Crippen molar-refractivity contribution in [3.63, 3.8) is 0 Å². The molecule has 2 N–H and O–H groups in total.